The Morgan fingerprint density at radius 3 is 2.83 bits per heavy atom. The first-order valence-corrected chi connectivity index (χ1v) is 9.35. The molecule has 23 heavy (non-hydrogen) atoms. The van der Waals surface area contributed by atoms with Crippen LogP contribution in [0.5, 0.6) is 0 Å². The molecule has 3 atom stereocenters. The van der Waals surface area contributed by atoms with E-state index in [9.17, 15) is 8.42 Å². The van der Waals surface area contributed by atoms with Crippen molar-refractivity contribution >= 4 is 10.0 Å². The maximum atomic E-state index is 11.5. The van der Waals surface area contributed by atoms with Crippen molar-refractivity contribution in [1.29, 1.82) is 0 Å². The van der Waals surface area contributed by atoms with Gasteiger partial charge in [-0.15, -0.1) is 0 Å². The van der Waals surface area contributed by atoms with Gasteiger partial charge in [-0.1, -0.05) is 19.2 Å². The molecule has 1 aromatic rings. The summed E-state index contributed by atoms with van der Waals surface area (Å²) in [6.07, 6.45) is 5.05. The van der Waals surface area contributed by atoms with Crippen molar-refractivity contribution < 1.29 is 13.2 Å². The predicted octanol–water partition coefficient (Wildman–Crippen LogP) is 0.233. The molecular weight excluding hydrogens is 316 g/mol. The molecule has 0 spiro atoms. The van der Waals surface area contributed by atoms with Crippen LogP contribution in [-0.4, -0.2) is 53.6 Å². The average molecular weight is 338 g/mol. The van der Waals surface area contributed by atoms with Gasteiger partial charge in [-0.3, -0.25) is 4.90 Å². The van der Waals surface area contributed by atoms with E-state index >= 15 is 0 Å². The summed E-state index contributed by atoms with van der Waals surface area (Å²) < 4.78 is 30.0. The zero-order chi connectivity index (χ0) is 16.8. The van der Waals surface area contributed by atoms with Crippen LogP contribution in [0.1, 0.15) is 17.7 Å². The van der Waals surface area contributed by atoms with Crippen LogP contribution in [0.3, 0.4) is 0 Å². The lowest BCUT2D eigenvalue weighted by Crippen LogP contribution is -2.51. The third-order valence-electron chi connectivity index (χ3n) is 4.47. The Bertz CT molecular complexity index is 716. The molecule has 0 saturated carbocycles. The van der Waals surface area contributed by atoms with Gasteiger partial charge < -0.3 is 10.5 Å². The van der Waals surface area contributed by atoms with Gasteiger partial charge in [-0.25, -0.2) is 8.42 Å². The van der Waals surface area contributed by atoms with E-state index in [0.717, 1.165) is 33.6 Å². The van der Waals surface area contributed by atoms with Crippen LogP contribution in [0.2, 0.25) is 0 Å². The van der Waals surface area contributed by atoms with E-state index < -0.39 is 10.0 Å². The van der Waals surface area contributed by atoms with Crippen LogP contribution < -0.4 is 5.73 Å². The minimum atomic E-state index is -3.33. The van der Waals surface area contributed by atoms with Crippen molar-refractivity contribution in [2.45, 2.75) is 37.7 Å². The average Bonchev–Trinajstić information content (AvgIpc) is 3.04. The number of aromatic nitrogens is 2. The SMILES string of the molecule is C=CC(=C)C1OCC(N2Cc3cn(S(C)(=O)=O)nc3C2)CC1N. The number of nitrogens with zero attached hydrogens (tertiary/aromatic N) is 3. The molecule has 1 fully saturated rings. The second kappa shape index (κ2) is 5.86. The van der Waals surface area contributed by atoms with E-state index in [2.05, 4.69) is 23.2 Å². The summed E-state index contributed by atoms with van der Waals surface area (Å²) in [5.74, 6) is 0. The first kappa shape index (κ1) is 16.4. The minimum Gasteiger partial charge on any atom is -0.370 e. The Kier molecular flexibility index (Phi) is 4.18. The van der Waals surface area contributed by atoms with Gasteiger partial charge in [-0.05, 0) is 12.0 Å². The third kappa shape index (κ3) is 3.12. The van der Waals surface area contributed by atoms with Crippen molar-refractivity contribution in [1.82, 2.24) is 14.1 Å². The maximum absolute atomic E-state index is 11.5. The fraction of sp³-hybridized carbons (Fsp3) is 0.533. The van der Waals surface area contributed by atoms with Gasteiger partial charge in [0.1, 0.15) is 0 Å². The topological polar surface area (TPSA) is 90.5 Å². The summed E-state index contributed by atoms with van der Waals surface area (Å²) in [6, 6.07) is 0.0721. The molecule has 3 rings (SSSR count). The molecule has 2 N–H and O–H groups in total. The molecule has 2 aliphatic heterocycles. The van der Waals surface area contributed by atoms with Crippen molar-refractivity contribution in [2.75, 3.05) is 12.9 Å². The summed E-state index contributed by atoms with van der Waals surface area (Å²) in [6.45, 7) is 9.48. The molecule has 126 valence electrons. The number of hydrogen-bond acceptors (Lipinski definition) is 6. The molecule has 1 aromatic heterocycles. The molecular formula is C15H22N4O3S. The normalized spacial score (nSPS) is 28.5. The summed E-state index contributed by atoms with van der Waals surface area (Å²) in [5, 5.41) is 4.17. The molecule has 0 amide bonds. The fourth-order valence-electron chi connectivity index (χ4n) is 3.18. The highest BCUT2D eigenvalue weighted by Crippen LogP contribution is 2.29. The summed E-state index contributed by atoms with van der Waals surface area (Å²) in [7, 11) is -3.33. The molecule has 2 aliphatic rings. The van der Waals surface area contributed by atoms with Gasteiger partial charge in [0.05, 0.1) is 24.7 Å². The van der Waals surface area contributed by atoms with Gasteiger partial charge in [-0.2, -0.15) is 9.19 Å². The van der Waals surface area contributed by atoms with Crippen molar-refractivity contribution in [2.24, 2.45) is 5.73 Å². The summed E-state index contributed by atoms with van der Waals surface area (Å²) in [4.78, 5) is 2.23. The quantitative estimate of drug-likeness (QED) is 0.791. The first-order chi connectivity index (χ1) is 10.8. The highest BCUT2D eigenvalue weighted by molar-refractivity contribution is 7.89. The zero-order valence-corrected chi connectivity index (χ0v) is 14.0. The predicted molar refractivity (Wildman–Crippen MR) is 87.2 cm³/mol. The lowest BCUT2D eigenvalue weighted by molar-refractivity contribution is -0.0320. The van der Waals surface area contributed by atoms with E-state index in [1.54, 1.807) is 12.3 Å². The number of rotatable bonds is 4. The summed E-state index contributed by atoms with van der Waals surface area (Å²) >= 11 is 0. The number of nitrogens with two attached hydrogens (primary N) is 1. The number of ether oxygens (including phenoxy) is 1. The Labute approximate surface area is 136 Å². The van der Waals surface area contributed by atoms with Crippen LogP contribution >= 0.6 is 0 Å². The van der Waals surface area contributed by atoms with Gasteiger partial charge in [0, 0.05) is 36.9 Å². The highest BCUT2D eigenvalue weighted by atomic mass is 32.2. The third-order valence-corrected chi connectivity index (χ3v) is 5.33. The van der Waals surface area contributed by atoms with Crippen LogP contribution in [0.15, 0.2) is 31.0 Å². The van der Waals surface area contributed by atoms with Crippen molar-refractivity contribution in [3.63, 3.8) is 0 Å². The highest BCUT2D eigenvalue weighted by Gasteiger charge is 2.36. The molecule has 3 unspecified atom stereocenters. The smallest absolute Gasteiger partial charge is 0.250 e. The van der Waals surface area contributed by atoms with Crippen molar-refractivity contribution in [3.8, 4) is 0 Å². The Hall–Kier alpha value is -1.48. The largest absolute Gasteiger partial charge is 0.370 e. The second-order valence-corrected chi connectivity index (χ2v) is 8.07. The minimum absolute atomic E-state index is 0.122. The van der Waals surface area contributed by atoms with Gasteiger partial charge in [0.15, 0.2) is 0 Å². The second-order valence-electron chi connectivity index (χ2n) is 6.23. The first-order valence-electron chi connectivity index (χ1n) is 7.50. The Balaban J connectivity index is 1.66. The van der Waals surface area contributed by atoms with Crippen LogP contribution in [0.4, 0.5) is 0 Å². The van der Waals surface area contributed by atoms with Crippen molar-refractivity contribution in [3.05, 3.63) is 42.3 Å². The van der Waals surface area contributed by atoms with E-state index in [-0.39, 0.29) is 18.2 Å². The van der Waals surface area contributed by atoms with E-state index in [0.29, 0.717) is 19.7 Å². The standard InChI is InChI=1S/C15H22N4O3S/c1-4-10(2)15-13(16)5-12(9-22-15)18-6-11-7-19(23(3,20)21)17-14(11)8-18/h4,7,12-13,15H,1-2,5-6,8-9,16H2,3H3. The molecule has 7 nitrogen and oxygen atoms in total. The molecule has 1 saturated heterocycles. The Morgan fingerprint density at radius 2 is 2.26 bits per heavy atom. The molecule has 0 aliphatic carbocycles. The zero-order valence-electron chi connectivity index (χ0n) is 13.2. The lowest BCUT2D eigenvalue weighted by atomic mass is 9.94. The fourth-order valence-corrected chi connectivity index (χ4v) is 3.74. The van der Waals surface area contributed by atoms with Crippen LogP contribution in [0.25, 0.3) is 0 Å². The lowest BCUT2D eigenvalue weighted by Gasteiger charge is -2.38. The monoisotopic (exact) mass is 338 g/mol. The van der Waals surface area contributed by atoms with Crippen LogP contribution in [0, 0.1) is 0 Å². The van der Waals surface area contributed by atoms with E-state index in [1.165, 1.54) is 0 Å². The van der Waals surface area contributed by atoms with E-state index in [4.69, 9.17) is 10.5 Å². The Morgan fingerprint density at radius 1 is 1.52 bits per heavy atom. The number of hydrogen-bond donors (Lipinski definition) is 1. The van der Waals surface area contributed by atoms with Gasteiger partial charge in [0.2, 0.25) is 0 Å². The van der Waals surface area contributed by atoms with Gasteiger partial charge >= 0.3 is 0 Å². The molecule has 0 radical (unpaired) electrons. The van der Waals surface area contributed by atoms with Gasteiger partial charge in [0.25, 0.3) is 10.0 Å². The number of fused-ring (bicyclic) bond motifs is 1. The van der Waals surface area contributed by atoms with E-state index in [1.807, 2.05) is 0 Å². The maximum Gasteiger partial charge on any atom is 0.250 e. The summed E-state index contributed by atoms with van der Waals surface area (Å²) in [5.41, 5.74) is 8.78. The molecule has 3 heterocycles. The molecule has 0 bridgehead atoms. The molecule has 8 heteroatoms. The molecule has 0 aromatic carbocycles. The van der Waals surface area contributed by atoms with Crippen LogP contribution in [-0.2, 0) is 27.8 Å².